The SMILES string of the molecule is C[C@H](O)[C@@H]1[C@H](CO)ON(Cc2cccc(I)c2)[C@@H]1C(=O)NC1CC2C[C@H]([C@@H]1C)C2(C)C. The van der Waals surface area contributed by atoms with Gasteiger partial charge in [0.2, 0.25) is 5.91 Å². The van der Waals surface area contributed by atoms with Gasteiger partial charge in [-0.25, -0.2) is 0 Å². The zero-order valence-electron chi connectivity index (χ0n) is 18.8. The third kappa shape index (κ3) is 4.28. The lowest BCUT2D eigenvalue weighted by molar-refractivity contribution is -0.183. The van der Waals surface area contributed by atoms with Crippen molar-refractivity contribution in [2.45, 2.75) is 71.4 Å². The standard InChI is InChI=1S/C24H35IN2O4/c1-13-18-9-16(24(18,3)4)10-19(13)26-23(30)22-21(14(2)29)20(12-28)31-27(22)11-15-6-5-7-17(25)8-15/h5-8,13-14,16,18-22,28-29H,9-12H2,1-4H3,(H,26,30)/t13-,14-,16?,18+,19?,20-,21+,22-/m0/s1. The van der Waals surface area contributed by atoms with Gasteiger partial charge in [0.05, 0.1) is 19.3 Å². The highest BCUT2D eigenvalue weighted by atomic mass is 127. The van der Waals surface area contributed by atoms with E-state index in [1.54, 1.807) is 12.0 Å². The number of nitrogens with one attached hydrogen (secondary N) is 1. The van der Waals surface area contributed by atoms with Gasteiger partial charge in [-0.15, -0.1) is 0 Å². The van der Waals surface area contributed by atoms with Crippen LogP contribution in [0.15, 0.2) is 24.3 Å². The molecule has 1 aromatic carbocycles. The Morgan fingerprint density at radius 1 is 1.39 bits per heavy atom. The van der Waals surface area contributed by atoms with Gasteiger partial charge in [-0.3, -0.25) is 9.63 Å². The Bertz CT molecular complexity index is 817. The Balaban J connectivity index is 1.53. The maximum atomic E-state index is 13.6. The van der Waals surface area contributed by atoms with Crippen LogP contribution in [0.5, 0.6) is 0 Å². The largest absolute Gasteiger partial charge is 0.394 e. The maximum absolute atomic E-state index is 13.6. The van der Waals surface area contributed by atoms with Crippen LogP contribution in [-0.2, 0) is 16.2 Å². The maximum Gasteiger partial charge on any atom is 0.240 e. The van der Waals surface area contributed by atoms with E-state index in [-0.39, 0.29) is 18.6 Å². The monoisotopic (exact) mass is 542 g/mol. The van der Waals surface area contributed by atoms with E-state index in [1.807, 2.05) is 18.2 Å². The Hall–Kier alpha value is -0.740. The summed E-state index contributed by atoms with van der Waals surface area (Å²) >= 11 is 2.27. The minimum Gasteiger partial charge on any atom is -0.394 e. The number of hydrogen-bond acceptors (Lipinski definition) is 5. The van der Waals surface area contributed by atoms with E-state index < -0.39 is 24.2 Å². The third-order valence-electron chi connectivity index (χ3n) is 8.29. The van der Waals surface area contributed by atoms with E-state index >= 15 is 0 Å². The normalized spacial score (nSPS) is 37.8. The fourth-order valence-corrected chi connectivity index (χ4v) is 6.91. The van der Waals surface area contributed by atoms with Crippen molar-refractivity contribution in [3.05, 3.63) is 33.4 Å². The molecule has 2 bridgehead atoms. The first-order valence-electron chi connectivity index (χ1n) is 11.4. The Kier molecular flexibility index (Phi) is 6.72. The van der Waals surface area contributed by atoms with Crippen LogP contribution in [0.2, 0.25) is 0 Å². The highest BCUT2D eigenvalue weighted by molar-refractivity contribution is 14.1. The van der Waals surface area contributed by atoms with E-state index in [2.05, 4.69) is 54.7 Å². The summed E-state index contributed by atoms with van der Waals surface area (Å²) in [4.78, 5) is 19.6. The van der Waals surface area contributed by atoms with E-state index in [9.17, 15) is 15.0 Å². The zero-order chi connectivity index (χ0) is 22.5. The summed E-state index contributed by atoms with van der Waals surface area (Å²) in [5, 5.41) is 25.3. The molecule has 1 amide bonds. The molecule has 31 heavy (non-hydrogen) atoms. The number of nitrogens with zero attached hydrogens (tertiary/aromatic N) is 1. The minimum atomic E-state index is -0.773. The van der Waals surface area contributed by atoms with Crippen LogP contribution < -0.4 is 5.32 Å². The van der Waals surface area contributed by atoms with Crippen LogP contribution in [0.1, 0.15) is 46.1 Å². The van der Waals surface area contributed by atoms with Crippen molar-refractivity contribution in [2.24, 2.45) is 29.1 Å². The smallest absolute Gasteiger partial charge is 0.240 e. The molecule has 1 aromatic rings. The molecule has 3 N–H and O–H groups in total. The van der Waals surface area contributed by atoms with Crippen LogP contribution in [-0.4, -0.2) is 52.1 Å². The lowest BCUT2D eigenvalue weighted by Crippen LogP contribution is -2.62. The van der Waals surface area contributed by atoms with Crippen molar-refractivity contribution in [3.8, 4) is 0 Å². The molecule has 5 rings (SSSR count). The van der Waals surface area contributed by atoms with E-state index in [0.717, 1.165) is 15.6 Å². The number of hydroxylamine groups is 2. The molecule has 1 saturated heterocycles. The molecule has 6 nitrogen and oxygen atoms in total. The lowest BCUT2D eigenvalue weighted by atomic mass is 9.45. The summed E-state index contributed by atoms with van der Waals surface area (Å²) in [6.07, 6.45) is 0.887. The number of hydrogen-bond donors (Lipinski definition) is 3. The average Bonchev–Trinajstić information content (AvgIpc) is 3.07. The summed E-state index contributed by atoms with van der Waals surface area (Å²) < 4.78 is 1.11. The van der Waals surface area contributed by atoms with Crippen LogP contribution in [0, 0.1) is 32.7 Å². The summed E-state index contributed by atoms with van der Waals surface area (Å²) in [7, 11) is 0. The predicted molar refractivity (Wildman–Crippen MR) is 127 cm³/mol. The van der Waals surface area contributed by atoms with Crippen LogP contribution in [0.25, 0.3) is 0 Å². The molecule has 4 fully saturated rings. The second kappa shape index (κ2) is 8.89. The van der Waals surface area contributed by atoms with Crippen LogP contribution in [0.3, 0.4) is 0 Å². The molecule has 0 radical (unpaired) electrons. The number of fused-ring (bicyclic) bond motifs is 2. The van der Waals surface area contributed by atoms with Crippen LogP contribution in [0.4, 0.5) is 0 Å². The number of aliphatic hydroxyl groups excluding tert-OH is 2. The molecule has 1 aliphatic heterocycles. The highest BCUT2D eigenvalue weighted by Gasteiger charge is 2.57. The Morgan fingerprint density at radius 2 is 2.13 bits per heavy atom. The summed E-state index contributed by atoms with van der Waals surface area (Å²) in [6, 6.07) is 7.56. The second-order valence-corrected chi connectivity index (χ2v) is 11.6. The summed E-state index contributed by atoms with van der Waals surface area (Å²) in [5.74, 6) is 1.12. The van der Waals surface area contributed by atoms with Gasteiger partial charge in [0, 0.05) is 15.5 Å². The van der Waals surface area contributed by atoms with Crippen LogP contribution >= 0.6 is 22.6 Å². The predicted octanol–water partition coefficient (Wildman–Crippen LogP) is 2.95. The first-order chi connectivity index (χ1) is 14.6. The molecule has 4 aliphatic rings. The fraction of sp³-hybridized carbons (Fsp3) is 0.708. The third-order valence-corrected chi connectivity index (χ3v) is 8.96. The number of rotatable bonds is 6. The number of halogens is 1. The first-order valence-corrected chi connectivity index (χ1v) is 12.5. The molecule has 0 spiro atoms. The Morgan fingerprint density at radius 3 is 2.71 bits per heavy atom. The summed E-state index contributed by atoms with van der Waals surface area (Å²) in [6.45, 7) is 8.82. The van der Waals surface area contributed by atoms with Crippen molar-refractivity contribution in [1.29, 1.82) is 0 Å². The molecule has 0 aromatic heterocycles. The highest BCUT2D eigenvalue weighted by Crippen LogP contribution is 2.61. The quantitative estimate of drug-likeness (QED) is 0.482. The van der Waals surface area contributed by atoms with E-state index in [1.165, 1.54) is 6.42 Å². The van der Waals surface area contributed by atoms with Gasteiger partial charge in [-0.05, 0) is 83.2 Å². The van der Waals surface area contributed by atoms with Crippen molar-refractivity contribution in [1.82, 2.24) is 10.4 Å². The molecule has 2 unspecified atom stereocenters. The van der Waals surface area contributed by atoms with Gasteiger partial charge >= 0.3 is 0 Å². The van der Waals surface area contributed by atoms with Crippen molar-refractivity contribution in [2.75, 3.05) is 6.61 Å². The molecule has 7 heteroatoms. The first kappa shape index (κ1) is 23.4. The van der Waals surface area contributed by atoms with Crippen molar-refractivity contribution < 1.29 is 19.8 Å². The number of benzene rings is 1. The molecular formula is C24H35IN2O4. The molecule has 1 heterocycles. The lowest BCUT2D eigenvalue weighted by Gasteiger charge is -2.62. The molecule has 172 valence electrons. The Labute approximate surface area is 198 Å². The van der Waals surface area contributed by atoms with Gasteiger partial charge in [0.1, 0.15) is 12.1 Å². The molecule has 8 atom stereocenters. The van der Waals surface area contributed by atoms with Gasteiger partial charge < -0.3 is 15.5 Å². The van der Waals surface area contributed by atoms with Gasteiger partial charge in [0.15, 0.2) is 0 Å². The average molecular weight is 542 g/mol. The number of aliphatic hydroxyl groups is 2. The van der Waals surface area contributed by atoms with Gasteiger partial charge in [-0.1, -0.05) is 32.9 Å². The summed E-state index contributed by atoms with van der Waals surface area (Å²) in [5.41, 5.74) is 1.39. The molecular weight excluding hydrogens is 507 g/mol. The molecule has 3 saturated carbocycles. The fourth-order valence-electron chi connectivity index (χ4n) is 6.30. The number of carbonyl (C=O) groups is 1. The van der Waals surface area contributed by atoms with E-state index in [0.29, 0.717) is 29.7 Å². The minimum absolute atomic E-state index is 0.108. The molecule has 3 aliphatic carbocycles. The topological polar surface area (TPSA) is 82.0 Å². The van der Waals surface area contributed by atoms with Crippen molar-refractivity contribution >= 4 is 28.5 Å². The van der Waals surface area contributed by atoms with Gasteiger partial charge in [-0.2, -0.15) is 5.06 Å². The second-order valence-electron chi connectivity index (χ2n) is 10.4. The number of carbonyl (C=O) groups excluding carboxylic acids is 1. The van der Waals surface area contributed by atoms with E-state index in [4.69, 9.17) is 4.84 Å². The number of amides is 1. The van der Waals surface area contributed by atoms with Crippen molar-refractivity contribution in [3.63, 3.8) is 0 Å². The van der Waals surface area contributed by atoms with Gasteiger partial charge in [0.25, 0.3) is 0 Å². The zero-order valence-corrected chi connectivity index (χ0v) is 21.0.